The first-order valence-corrected chi connectivity index (χ1v) is 6.27. The Bertz CT molecular complexity index is 387. The lowest BCUT2D eigenvalue weighted by Crippen LogP contribution is -2.54. The number of hydrogen-bond donors (Lipinski definition) is 0. The number of esters is 1. The molecule has 0 radical (unpaired) electrons. The molecule has 1 amide bonds. The molecule has 3 atom stereocenters. The molecule has 18 heavy (non-hydrogen) atoms. The number of hydrogen-bond acceptors (Lipinski definition) is 4. The van der Waals surface area contributed by atoms with Gasteiger partial charge in [-0.25, -0.2) is 4.79 Å². The minimum Gasteiger partial charge on any atom is -0.467 e. The Hall–Kier alpha value is -1.10. The smallest absolute Gasteiger partial charge is 0.334 e. The van der Waals surface area contributed by atoms with E-state index in [0.29, 0.717) is 6.42 Å². The van der Waals surface area contributed by atoms with E-state index in [4.69, 9.17) is 9.47 Å². The fraction of sp³-hybridized carbons (Fsp3) is 0.846. The van der Waals surface area contributed by atoms with Gasteiger partial charge in [-0.2, -0.15) is 0 Å². The van der Waals surface area contributed by atoms with Gasteiger partial charge >= 0.3 is 5.97 Å². The highest BCUT2D eigenvalue weighted by Gasteiger charge is 2.63. The Morgan fingerprint density at radius 3 is 2.61 bits per heavy atom. The Labute approximate surface area is 107 Å². The quantitative estimate of drug-likeness (QED) is 0.660. The van der Waals surface area contributed by atoms with Crippen LogP contribution >= 0.6 is 0 Å². The summed E-state index contributed by atoms with van der Waals surface area (Å²) < 4.78 is 10.6. The normalized spacial score (nSPS) is 35.8. The van der Waals surface area contributed by atoms with Crippen LogP contribution in [-0.4, -0.2) is 42.3 Å². The Morgan fingerprint density at radius 1 is 1.50 bits per heavy atom. The maximum absolute atomic E-state index is 12.3. The van der Waals surface area contributed by atoms with E-state index in [1.807, 2.05) is 27.7 Å². The predicted octanol–water partition coefficient (Wildman–Crippen LogP) is 1.17. The van der Waals surface area contributed by atoms with Crippen LogP contribution in [0.25, 0.3) is 0 Å². The first-order valence-electron chi connectivity index (χ1n) is 6.27. The zero-order valence-electron chi connectivity index (χ0n) is 11.6. The predicted molar refractivity (Wildman–Crippen MR) is 64.6 cm³/mol. The molecule has 2 rings (SSSR count). The summed E-state index contributed by atoms with van der Waals surface area (Å²) >= 11 is 0. The van der Waals surface area contributed by atoms with E-state index >= 15 is 0 Å². The van der Waals surface area contributed by atoms with Crippen molar-refractivity contribution in [1.29, 1.82) is 0 Å². The highest BCUT2D eigenvalue weighted by atomic mass is 16.6. The van der Waals surface area contributed by atoms with Crippen LogP contribution in [0, 0.1) is 11.3 Å². The number of rotatable bonds is 1. The summed E-state index contributed by atoms with van der Waals surface area (Å²) in [4.78, 5) is 26.0. The molecular formula is C13H21NO4. The van der Waals surface area contributed by atoms with Gasteiger partial charge in [-0.1, -0.05) is 27.7 Å². The van der Waals surface area contributed by atoms with Crippen LogP contribution in [0.3, 0.4) is 0 Å². The summed E-state index contributed by atoms with van der Waals surface area (Å²) in [6.45, 7) is 8.09. The van der Waals surface area contributed by atoms with Gasteiger partial charge in [0, 0.05) is 11.3 Å². The number of ether oxygens (including phenoxy) is 2. The van der Waals surface area contributed by atoms with Crippen LogP contribution in [-0.2, 0) is 19.1 Å². The van der Waals surface area contributed by atoms with Gasteiger partial charge in [-0.05, 0) is 6.42 Å². The molecule has 5 heteroatoms. The van der Waals surface area contributed by atoms with E-state index in [2.05, 4.69) is 0 Å². The van der Waals surface area contributed by atoms with E-state index < -0.39 is 5.54 Å². The molecule has 0 saturated carbocycles. The zero-order valence-corrected chi connectivity index (χ0v) is 11.6. The van der Waals surface area contributed by atoms with Crippen molar-refractivity contribution in [3.8, 4) is 0 Å². The number of carbonyl (C=O) groups excluding carboxylic acids is 2. The third-order valence-electron chi connectivity index (χ3n) is 3.78. The maximum Gasteiger partial charge on any atom is 0.334 e. The highest BCUT2D eigenvalue weighted by Crippen LogP contribution is 2.46. The van der Waals surface area contributed by atoms with Crippen LogP contribution in [0.15, 0.2) is 0 Å². The van der Waals surface area contributed by atoms with Gasteiger partial charge in [0.2, 0.25) is 5.91 Å². The molecule has 2 heterocycles. The molecule has 0 bridgehead atoms. The van der Waals surface area contributed by atoms with Gasteiger partial charge in [-0.15, -0.1) is 0 Å². The molecule has 2 saturated heterocycles. The molecule has 2 fully saturated rings. The molecule has 0 N–H and O–H groups in total. The van der Waals surface area contributed by atoms with Crippen LogP contribution in [0.4, 0.5) is 0 Å². The van der Waals surface area contributed by atoms with Gasteiger partial charge < -0.3 is 9.47 Å². The molecule has 0 aromatic heterocycles. The number of carbonyl (C=O) groups is 2. The average Bonchev–Trinajstić information content (AvgIpc) is 2.76. The number of amides is 1. The lowest BCUT2D eigenvalue weighted by molar-refractivity contribution is -0.158. The Balaban J connectivity index is 2.42. The van der Waals surface area contributed by atoms with Crippen molar-refractivity contribution < 1.29 is 19.1 Å². The van der Waals surface area contributed by atoms with Crippen molar-refractivity contribution in [3.05, 3.63) is 0 Å². The van der Waals surface area contributed by atoms with E-state index in [1.54, 1.807) is 4.90 Å². The van der Waals surface area contributed by atoms with E-state index in [0.717, 1.165) is 0 Å². The van der Waals surface area contributed by atoms with E-state index in [1.165, 1.54) is 7.11 Å². The first kappa shape index (κ1) is 13.3. The molecule has 0 aliphatic carbocycles. The molecule has 102 valence electrons. The first-order chi connectivity index (χ1) is 8.24. The summed E-state index contributed by atoms with van der Waals surface area (Å²) in [6, 6.07) is 0. The van der Waals surface area contributed by atoms with Gasteiger partial charge in [0.15, 0.2) is 5.54 Å². The lowest BCUT2D eigenvalue weighted by Gasteiger charge is -2.36. The molecule has 2 aliphatic rings. The Morgan fingerprint density at radius 2 is 2.11 bits per heavy atom. The third-order valence-corrected chi connectivity index (χ3v) is 3.78. The third kappa shape index (κ3) is 1.64. The molecular weight excluding hydrogens is 234 g/mol. The summed E-state index contributed by atoms with van der Waals surface area (Å²) in [6.07, 6.45) is 0.111. The second kappa shape index (κ2) is 3.95. The van der Waals surface area contributed by atoms with Crippen molar-refractivity contribution in [3.63, 3.8) is 0 Å². The van der Waals surface area contributed by atoms with Crippen LogP contribution in [0.2, 0.25) is 0 Å². The van der Waals surface area contributed by atoms with Crippen LogP contribution < -0.4 is 0 Å². The van der Waals surface area contributed by atoms with Crippen LogP contribution in [0.5, 0.6) is 0 Å². The van der Waals surface area contributed by atoms with Crippen LogP contribution in [0.1, 0.15) is 34.1 Å². The second-order valence-electron chi connectivity index (χ2n) is 6.37. The molecule has 0 aromatic rings. The number of methoxy groups -OCH3 is 1. The maximum atomic E-state index is 12.3. The largest absolute Gasteiger partial charge is 0.467 e. The fourth-order valence-electron chi connectivity index (χ4n) is 2.97. The summed E-state index contributed by atoms with van der Waals surface area (Å²) in [5, 5.41) is 0. The summed E-state index contributed by atoms with van der Waals surface area (Å²) in [5.74, 6) is -0.539. The van der Waals surface area contributed by atoms with Gasteiger partial charge in [0.05, 0.1) is 13.7 Å². The van der Waals surface area contributed by atoms with Gasteiger partial charge in [0.1, 0.15) is 6.23 Å². The van der Waals surface area contributed by atoms with Crippen molar-refractivity contribution in [2.45, 2.75) is 45.9 Å². The van der Waals surface area contributed by atoms with Crippen molar-refractivity contribution in [2.24, 2.45) is 11.3 Å². The van der Waals surface area contributed by atoms with Crippen molar-refractivity contribution in [1.82, 2.24) is 4.90 Å². The van der Waals surface area contributed by atoms with Crippen molar-refractivity contribution in [2.75, 3.05) is 13.7 Å². The molecule has 2 aliphatic heterocycles. The van der Waals surface area contributed by atoms with Gasteiger partial charge in [-0.3, -0.25) is 9.69 Å². The van der Waals surface area contributed by atoms with E-state index in [-0.39, 0.29) is 36.0 Å². The molecule has 0 unspecified atom stereocenters. The zero-order chi connectivity index (χ0) is 13.7. The molecule has 0 spiro atoms. The SMILES string of the molecule is COC(=O)[C@@]12CO[C@@H](C(C)(C)C)N1C(=O)[C@@H](C)C2. The van der Waals surface area contributed by atoms with E-state index in [9.17, 15) is 9.59 Å². The highest BCUT2D eigenvalue weighted by molar-refractivity contribution is 5.93. The minimum absolute atomic E-state index is 0.0159. The topological polar surface area (TPSA) is 55.8 Å². The Kier molecular flexibility index (Phi) is 2.93. The number of nitrogens with zero attached hydrogens (tertiary/aromatic N) is 1. The fourth-order valence-corrected chi connectivity index (χ4v) is 2.97. The summed E-state index contributed by atoms with van der Waals surface area (Å²) in [7, 11) is 1.35. The van der Waals surface area contributed by atoms with Crippen molar-refractivity contribution >= 4 is 11.9 Å². The average molecular weight is 255 g/mol. The number of fused-ring (bicyclic) bond motifs is 1. The monoisotopic (exact) mass is 255 g/mol. The lowest BCUT2D eigenvalue weighted by atomic mass is 9.91. The standard InChI is InChI=1S/C13H21NO4/c1-8-6-13(11(16)17-5)7-18-10(12(2,3)4)14(13)9(8)15/h8,10H,6-7H2,1-5H3/t8-,10-,13+/m0/s1. The molecule has 5 nitrogen and oxygen atoms in total. The molecule has 0 aromatic carbocycles. The van der Waals surface area contributed by atoms with Gasteiger partial charge in [0.25, 0.3) is 0 Å². The summed E-state index contributed by atoms with van der Waals surface area (Å²) in [5.41, 5.74) is -1.14. The minimum atomic E-state index is -0.913. The second-order valence-corrected chi connectivity index (χ2v) is 6.37.